The van der Waals surface area contributed by atoms with Crippen LogP contribution in [0.4, 0.5) is 11.4 Å². The van der Waals surface area contributed by atoms with Gasteiger partial charge in [0.2, 0.25) is 0 Å². The van der Waals surface area contributed by atoms with Gasteiger partial charge < -0.3 is 25.6 Å². The van der Waals surface area contributed by atoms with Crippen molar-refractivity contribution in [3.05, 3.63) is 72.8 Å². The molecule has 3 rings (SSSR count). The fourth-order valence-electron chi connectivity index (χ4n) is 3.60. The minimum absolute atomic E-state index is 0.0136. The highest BCUT2D eigenvalue weighted by Gasteiger charge is 2.36. The number of rotatable bonds is 7. The molecule has 0 aliphatic carbocycles. The standard InChI is InChI=1S/C21H20N2O7/c1-4-30-19-16(17(24)18(19)25)23-12-7-5-6-11(8-12)15-13(20(26)27)9(2)22-10(3)14(15)21(28)29/h5-8,15,22-23H,4H2,1-3H3,(H,26,27)(H,28,29). The molecule has 0 saturated carbocycles. The van der Waals surface area contributed by atoms with Crippen LogP contribution in [0.1, 0.15) is 32.3 Å². The molecule has 9 nitrogen and oxygen atoms in total. The van der Waals surface area contributed by atoms with E-state index in [-0.39, 0.29) is 29.2 Å². The average molecular weight is 412 g/mol. The zero-order chi connectivity index (χ0) is 22.2. The maximum Gasteiger partial charge on any atom is 0.334 e. The van der Waals surface area contributed by atoms with E-state index in [2.05, 4.69) is 10.6 Å². The van der Waals surface area contributed by atoms with Crippen LogP contribution in [-0.2, 0) is 9.59 Å². The van der Waals surface area contributed by atoms with Crippen LogP contribution in [0.2, 0.25) is 0 Å². The van der Waals surface area contributed by atoms with Crippen LogP contribution in [0.5, 0.6) is 5.75 Å². The van der Waals surface area contributed by atoms with Crippen molar-refractivity contribution in [3.63, 3.8) is 0 Å². The van der Waals surface area contributed by atoms with Crippen LogP contribution in [0, 0.1) is 0 Å². The lowest BCUT2D eigenvalue weighted by Gasteiger charge is -2.29. The van der Waals surface area contributed by atoms with E-state index in [4.69, 9.17) is 4.74 Å². The molecule has 2 aromatic carbocycles. The number of carbonyl (C=O) groups is 2. The number of hydrogen-bond acceptors (Lipinski definition) is 7. The number of allylic oxidation sites excluding steroid dienone is 2. The molecule has 2 aromatic rings. The number of aliphatic carboxylic acids is 2. The normalized spacial score (nSPS) is 14.6. The van der Waals surface area contributed by atoms with E-state index in [1.54, 1.807) is 45.0 Å². The molecule has 1 heterocycles. The van der Waals surface area contributed by atoms with Gasteiger partial charge in [-0.05, 0) is 38.5 Å². The Hall–Kier alpha value is -3.88. The van der Waals surface area contributed by atoms with Gasteiger partial charge in [-0.1, -0.05) is 12.1 Å². The molecule has 9 heteroatoms. The zero-order valence-corrected chi connectivity index (χ0v) is 16.5. The molecule has 0 unspecified atom stereocenters. The third kappa shape index (κ3) is 3.45. The topological polar surface area (TPSA) is 142 Å². The molecule has 30 heavy (non-hydrogen) atoms. The maximum atomic E-state index is 11.9. The molecule has 0 radical (unpaired) electrons. The van der Waals surface area contributed by atoms with Crippen LogP contribution >= 0.6 is 0 Å². The Labute approximate surface area is 171 Å². The Balaban J connectivity index is 2.07. The second-order valence-electron chi connectivity index (χ2n) is 6.79. The summed E-state index contributed by atoms with van der Waals surface area (Å²) in [4.78, 5) is 47.3. The summed E-state index contributed by atoms with van der Waals surface area (Å²) in [5, 5.41) is 25.1. The number of carboxylic acid groups (broad SMARTS) is 2. The largest absolute Gasteiger partial charge is 0.488 e. The lowest BCUT2D eigenvalue weighted by atomic mass is 9.80. The van der Waals surface area contributed by atoms with Crippen molar-refractivity contribution < 1.29 is 24.5 Å². The quantitative estimate of drug-likeness (QED) is 0.501. The molecule has 1 aliphatic heterocycles. The van der Waals surface area contributed by atoms with Crippen molar-refractivity contribution in [2.45, 2.75) is 26.7 Å². The van der Waals surface area contributed by atoms with Gasteiger partial charge in [-0.3, -0.25) is 9.59 Å². The van der Waals surface area contributed by atoms with E-state index in [9.17, 15) is 29.4 Å². The van der Waals surface area contributed by atoms with E-state index < -0.39 is 28.7 Å². The summed E-state index contributed by atoms with van der Waals surface area (Å²) in [6, 6.07) is 6.38. The van der Waals surface area contributed by atoms with Crippen LogP contribution in [-0.4, -0.2) is 28.8 Å². The lowest BCUT2D eigenvalue weighted by Crippen LogP contribution is -2.35. The van der Waals surface area contributed by atoms with Crippen LogP contribution in [0.25, 0.3) is 0 Å². The number of ether oxygens (including phenoxy) is 1. The SMILES string of the molecule is CCOc1c(Nc2cccc(C3C(C(=O)O)=C(C)NC(C)=C3C(=O)O)c2)c(=O)c1=O. The smallest absolute Gasteiger partial charge is 0.334 e. The van der Waals surface area contributed by atoms with Crippen molar-refractivity contribution >= 4 is 23.3 Å². The fourth-order valence-corrected chi connectivity index (χ4v) is 3.60. The van der Waals surface area contributed by atoms with Gasteiger partial charge in [0.15, 0.2) is 5.75 Å². The summed E-state index contributed by atoms with van der Waals surface area (Å²) in [5.74, 6) is -3.56. The molecular formula is C21H20N2O7. The highest BCUT2D eigenvalue weighted by Crippen LogP contribution is 2.39. The molecule has 0 atom stereocenters. The van der Waals surface area contributed by atoms with Gasteiger partial charge >= 0.3 is 11.9 Å². The molecular weight excluding hydrogens is 392 g/mol. The van der Waals surface area contributed by atoms with Crippen molar-refractivity contribution in [2.75, 3.05) is 11.9 Å². The van der Waals surface area contributed by atoms with Gasteiger partial charge in [-0.15, -0.1) is 0 Å². The zero-order valence-electron chi connectivity index (χ0n) is 16.5. The third-order valence-corrected chi connectivity index (χ3v) is 4.87. The summed E-state index contributed by atoms with van der Waals surface area (Å²) in [6.45, 7) is 5.03. The predicted octanol–water partition coefficient (Wildman–Crippen LogP) is 1.83. The minimum atomic E-state index is -1.24. The highest BCUT2D eigenvalue weighted by atomic mass is 16.5. The summed E-state index contributed by atoms with van der Waals surface area (Å²) < 4.78 is 5.19. The van der Waals surface area contributed by atoms with E-state index in [1.165, 1.54) is 0 Å². The molecule has 0 aromatic heterocycles. The molecule has 1 aliphatic rings. The predicted molar refractivity (Wildman–Crippen MR) is 109 cm³/mol. The fraction of sp³-hybridized carbons (Fsp3) is 0.238. The molecule has 0 saturated heterocycles. The number of carboxylic acids is 2. The number of nitrogens with one attached hydrogen (secondary N) is 2. The molecule has 0 amide bonds. The third-order valence-electron chi connectivity index (χ3n) is 4.87. The van der Waals surface area contributed by atoms with Crippen molar-refractivity contribution in [3.8, 4) is 5.75 Å². The van der Waals surface area contributed by atoms with Crippen molar-refractivity contribution in [1.29, 1.82) is 0 Å². The molecule has 4 N–H and O–H groups in total. The maximum absolute atomic E-state index is 11.9. The Kier molecular flexibility index (Phi) is 5.46. The second kappa shape index (κ2) is 7.86. The van der Waals surface area contributed by atoms with Gasteiger partial charge in [-0.25, -0.2) is 9.59 Å². The molecule has 0 bridgehead atoms. The van der Waals surface area contributed by atoms with Gasteiger partial charge in [0.1, 0.15) is 5.69 Å². The van der Waals surface area contributed by atoms with Crippen LogP contribution in [0.3, 0.4) is 0 Å². The van der Waals surface area contributed by atoms with Crippen molar-refractivity contribution in [1.82, 2.24) is 5.32 Å². The first-order valence-corrected chi connectivity index (χ1v) is 9.15. The van der Waals surface area contributed by atoms with E-state index in [1.807, 2.05) is 0 Å². The average Bonchev–Trinajstić information content (AvgIpc) is 2.69. The van der Waals surface area contributed by atoms with Gasteiger partial charge in [-0.2, -0.15) is 0 Å². The van der Waals surface area contributed by atoms with Crippen LogP contribution < -0.4 is 26.2 Å². The van der Waals surface area contributed by atoms with E-state index in [0.717, 1.165) is 0 Å². The second-order valence-corrected chi connectivity index (χ2v) is 6.79. The summed E-state index contributed by atoms with van der Waals surface area (Å²) in [6.07, 6.45) is 0. The molecule has 0 fully saturated rings. The minimum Gasteiger partial charge on any atom is -0.488 e. The summed E-state index contributed by atoms with van der Waals surface area (Å²) in [5.41, 5.74) is -0.0976. The van der Waals surface area contributed by atoms with Gasteiger partial charge in [0, 0.05) is 17.1 Å². The summed E-state index contributed by atoms with van der Waals surface area (Å²) >= 11 is 0. The molecule has 156 valence electrons. The first-order chi connectivity index (χ1) is 14.2. The van der Waals surface area contributed by atoms with E-state index >= 15 is 0 Å². The molecule has 0 spiro atoms. The Morgan fingerprint density at radius 1 is 1.07 bits per heavy atom. The number of benzene rings is 1. The Morgan fingerprint density at radius 3 is 2.20 bits per heavy atom. The van der Waals surface area contributed by atoms with E-state index in [0.29, 0.717) is 22.6 Å². The lowest BCUT2D eigenvalue weighted by molar-refractivity contribution is -0.133. The summed E-state index contributed by atoms with van der Waals surface area (Å²) in [7, 11) is 0. The first-order valence-electron chi connectivity index (χ1n) is 9.15. The first kappa shape index (κ1) is 20.8. The number of anilines is 2. The number of hydrogen-bond donors (Lipinski definition) is 4. The van der Waals surface area contributed by atoms with Crippen LogP contribution in [0.15, 0.2) is 56.4 Å². The Morgan fingerprint density at radius 2 is 1.67 bits per heavy atom. The Bertz CT molecular complexity index is 1150. The highest BCUT2D eigenvalue weighted by molar-refractivity contribution is 5.98. The number of dihydropyridines is 1. The van der Waals surface area contributed by atoms with Gasteiger partial charge in [0.05, 0.1) is 23.7 Å². The monoisotopic (exact) mass is 412 g/mol. The van der Waals surface area contributed by atoms with Crippen molar-refractivity contribution in [2.24, 2.45) is 0 Å². The van der Waals surface area contributed by atoms with Gasteiger partial charge in [0.25, 0.3) is 10.9 Å².